The van der Waals surface area contributed by atoms with Gasteiger partial charge in [0.05, 0.1) is 0 Å². The average Bonchev–Trinajstić information content (AvgIpc) is 2.38. The molecule has 3 heteroatoms. The molecule has 1 saturated carbocycles. The summed E-state index contributed by atoms with van der Waals surface area (Å²) in [6.07, 6.45) is 6.46. The van der Waals surface area contributed by atoms with Crippen molar-refractivity contribution in [1.82, 2.24) is 5.32 Å². The molecular formula is C15H21ClFN. The summed E-state index contributed by atoms with van der Waals surface area (Å²) in [6.45, 7) is 3.00. The highest BCUT2D eigenvalue weighted by atomic mass is 35.5. The highest BCUT2D eigenvalue weighted by Crippen LogP contribution is 2.27. The molecule has 0 aliphatic heterocycles. The van der Waals surface area contributed by atoms with Gasteiger partial charge in [-0.25, -0.2) is 4.39 Å². The summed E-state index contributed by atoms with van der Waals surface area (Å²) in [5.41, 5.74) is 0.983. The van der Waals surface area contributed by atoms with Crippen molar-refractivity contribution in [1.29, 1.82) is 0 Å². The Labute approximate surface area is 114 Å². The van der Waals surface area contributed by atoms with Crippen LogP contribution in [0.1, 0.15) is 44.6 Å². The molecule has 1 aromatic carbocycles. The van der Waals surface area contributed by atoms with E-state index in [1.807, 2.05) is 0 Å². The van der Waals surface area contributed by atoms with E-state index in [0.29, 0.717) is 11.1 Å². The highest BCUT2D eigenvalue weighted by Gasteiger charge is 2.20. The number of hydrogen-bond donors (Lipinski definition) is 1. The number of hydrogen-bond acceptors (Lipinski definition) is 1. The van der Waals surface area contributed by atoms with Crippen LogP contribution in [0.2, 0.25) is 5.02 Å². The van der Waals surface area contributed by atoms with Crippen LogP contribution in [-0.2, 0) is 6.54 Å². The molecule has 2 rings (SSSR count). The zero-order valence-corrected chi connectivity index (χ0v) is 11.6. The van der Waals surface area contributed by atoms with Gasteiger partial charge in [0, 0.05) is 17.6 Å². The fourth-order valence-corrected chi connectivity index (χ4v) is 3.00. The lowest BCUT2D eigenvalue weighted by molar-refractivity contribution is 0.278. The summed E-state index contributed by atoms with van der Waals surface area (Å²) < 4.78 is 12.9. The zero-order valence-electron chi connectivity index (χ0n) is 10.9. The molecule has 1 nitrogen and oxygen atoms in total. The quantitative estimate of drug-likeness (QED) is 0.846. The Morgan fingerprint density at radius 3 is 2.94 bits per heavy atom. The van der Waals surface area contributed by atoms with Gasteiger partial charge >= 0.3 is 0 Å². The lowest BCUT2D eigenvalue weighted by atomic mass is 9.84. The van der Waals surface area contributed by atoms with Gasteiger partial charge in [0.2, 0.25) is 0 Å². The number of nitrogens with one attached hydrogen (secondary N) is 1. The molecule has 0 bridgehead atoms. The topological polar surface area (TPSA) is 12.0 Å². The summed E-state index contributed by atoms with van der Waals surface area (Å²) in [6, 6.07) is 5.21. The molecule has 1 aromatic rings. The van der Waals surface area contributed by atoms with Crippen molar-refractivity contribution in [3.63, 3.8) is 0 Å². The normalized spacial score (nSPS) is 24.2. The fourth-order valence-electron chi connectivity index (χ4n) is 2.77. The van der Waals surface area contributed by atoms with Gasteiger partial charge in [0.25, 0.3) is 0 Å². The van der Waals surface area contributed by atoms with Gasteiger partial charge in [0.15, 0.2) is 0 Å². The Kier molecular flexibility index (Phi) is 5.02. The van der Waals surface area contributed by atoms with Crippen molar-refractivity contribution < 1.29 is 4.39 Å². The van der Waals surface area contributed by atoms with E-state index in [9.17, 15) is 4.39 Å². The van der Waals surface area contributed by atoms with Crippen molar-refractivity contribution in [2.24, 2.45) is 5.92 Å². The Bertz CT molecular complexity index is 394. The van der Waals surface area contributed by atoms with Crippen LogP contribution in [0.4, 0.5) is 4.39 Å². The van der Waals surface area contributed by atoms with Crippen molar-refractivity contribution in [3.8, 4) is 0 Å². The lowest BCUT2D eigenvalue weighted by Crippen LogP contribution is -2.33. The van der Waals surface area contributed by atoms with Crippen LogP contribution in [-0.4, -0.2) is 6.04 Å². The fraction of sp³-hybridized carbons (Fsp3) is 0.600. The molecule has 1 fully saturated rings. The maximum absolute atomic E-state index is 12.9. The second kappa shape index (κ2) is 6.53. The van der Waals surface area contributed by atoms with Crippen molar-refractivity contribution >= 4 is 11.6 Å². The molecule has 1 aliphatic carbocycles. The summed E-state index contributed by atoms with van der Waals surface area (Å²) in [7, 11) is 0. The molecule has 2 unspecified atom stereocenters. The van der Waals surface area contributed by atoms with Gasteiger partial charge in [-0.2, -0.15) is 0 Å². The minimum Gasteiger partial charge on any atom is -0.310 e. The third-order valence-electron chi connectivity index (χ3n) is 3.96. The molecule has 18 heavy (non-hydrogen) atoms. The Hall–Kier alpha value is -0.600. The van der Waals surface area contributed by atoms with Crippen LogP contribution in [0.25, 0.3) is 0 Å². The van der Waals surface area contributed by atoms with Crippen LogP contribution < -0.4 is 5.32 Å². The van der Waals surface area contributed by atoms with Crippen LogP contribution in [0.3, 0.4) is 0 Å². The summed E-state index contributed by atoms with van der Waals surface area (Å²) in [5.74, 6) is 0.590. The van der Waals surface area contributed by atoms with Crippen LogP contribution in [0.15, 0.2) is 18.2 Å². The van der Waals surface area contributed by atoms with Gasteiger partial charge in [0.1, 0.15) is 5.82 Å². The van der Waals surface area contributed by atoms with E-state index < -0.39 is 0 Å². The first-order valence-corrected chi connectivity index (χ1v) is 7.24. The zero-order chi connectivity index (χ0) is 13.0. The molecule has 1 N–H and O–H groups in total. The van der Waals surface area contributed by atoms with Crippen LogP contribution in [0.5, 0.6) is 0 Å². The molecule has 2 atom stereocenters. The van der Waals surface area contributed by atoms with Crippen LogP contribution in [0, 0.1) is 11.7 Å². The average molecular weight is 270 g/mol. The van der Waals surface area contributed by atoms with E-state index in [0.717, 1.165) is 18.0 Å². The molecule has 0 heterocycles. The summed E-state index contributed by atoms with van der Waals surface area (Å²) in [5, 5.41) is 4.07. The van der Waals surface area contributed by atoms with Gasteiger partial charge in [-0.1, -0.05) is 43.9 Å². The SMILES string of the molecule is CCC1CCCC(NCc2ccc(F)cc2Cl)C1. The molecule has 0 aromatic heterocycles. The van der Waals surface area contributed by atoms with Gasteiger partial charge in [-0.05, 0) is 36.5 Å². The van der Waals surface area contributed by atoms with E-state index in [1.54, 1.807) is 6.07 Å². The van der Waals surface area contributed by atoms with Crippen molar-refractivity contribution in [3.05, 3.63) is 34.6 Å². The number of halogens is 2. The number of benzene rings is 1. The standard InChI is InChI=1S/C15H21ClFN/c1-2-11-4-3-5-14(8-11)18-10-12-6-7-13(17)9-15(12)16/h6-7,9,11,14,18H,2-5,8,10H2,1H3. The third kappa shape index (κ3) is 3.69. The second-order valence-corrected chi connectivity index (χ2v) is 5.66. The van der Waals surface area contributed by atoms with E-state index in [1.165, 1.54) is 44.2 Å². The minimum atomic E-state index is -0.271. The van der Waals surface area contributed by atoms with E-state index in [2.05, 4.69) is 12.2 Å². The Morgan fingerprint density at radius 2 is 2.22 bits per heavy atom. The first-order chi connectivity index (χ1) is 8.69. The minimum absolute atomic E-state index is 0.271. The van der Waals surface area contributed by atoms with Crippen molar-refractivity contribution in [2.45, 2.75) is 51.6 Å². The molecule has 0 amide bonds. The Balaban J connectivity index is 1.87. The summed E-state index contributed by atoms with van der Waals surface area (Å²) in [4.78, 5) is 0. The third-order valence-corrected chi connectivity index (χ3v) is 4.31. The van der Waals surface area contributed by atoms with E-state index >= 15 is 0 Å². The molecular weight excluding hydrogens is 249 g/mol. The maximum atomic E-state index is 12.9. The van der Waals surface area contributed by atoms with Crippen molar-refractivity contribution in [2.75, 3.05) is 0 Å². The van der Waals surface area contributed by atoms with Gasteiger partial charge < -0.3 is 5.32 Å². The number of rotatable bonds is 4. The second-order valence-electron chi connectivity index (χ2n) is 5.25. The maximum Gasteiger partial charge on any atom is 0.124 e. The van der Waals surface area contributed by atoms with E-state index in [4.69, 9.17) is 11.6 Å². The molecule has 1 aliphatic rings. The van der Waals surface area contributed by atoms with E-state index in [-0.39, 0.29) is 5.82 Å². The monoisotopic (exact) mass is 269 g/mol. The lowest BCUT2D eigenvalue weighted by Gasteiger charge is -2.29. The molecule has 100 valence electrons. The van der Waals surface area contributed by atoms with Gasteiger partial charge in [-0.3, -0.25) is 0 Å². The predicted molar refractivity (Wildman–Crippen MR) is 74.3 cm³/mol. The van der Waals surface area contributed by atoms with Gasteiger partial charge in [-0.15, -0.1) is 0 Å². The molecule has 0 radical (unpaired) electrons. The highest BCUT2D eigenvalue weighted by molar-refractivity contribution is 6.31. The van der Waals surface area contributed by atoms with Crippen LogP contribution >= 0.6 is 11.6 Å². The summed E-state index contributed by atoms with van der Waals surface area (Å²) >= 11 is 6.02. The smallest absolute Gasteiger partial charge is 0.124 e. The predicted octanol–water partition coefficient (Wildman–Crippen LogP) is 4.54. The Morgan fingerprint density at radius 1 is 1.39 bits per heavy atom. The largest absolute Gasteiger partial charge is 0.310 e. The first-order valence-electron chi connectivity index (χ1n) is 6.86. The molecule has 0 saturated heterocycles. The molecule has 0 spiro atoms. The first kappa shape index (κ1) is 13.8.